The minimum absolute atomic E-state index is 0. The smallest absolute Gasteiger partial charge is 0.220 e. The maximum Gasteiger partial charge on any atom is 0.220 e. The quantitative estimate of drug-likeness (QED) is 0.664. The van der Waals surface area contributed by atoms with Crippen LogP contribution in [0, 0.1) is 5.92 Å². The van der Waals surface area contributed by atoms with Gasteiger partial charge in [-0.1, -0.05) is 44.2 Å². The predicted molar refractivity (Wildman–Crippen MR) is 110 cm³/mol. The summed E-state index contributed by atoms with van der Waals surface area (Å²) in [6, 6.07) is 9.93. The molecule has 146 valence electrons. The van der Waals surface area contributed by atoms with E-state index in [0.717, 1.165) is 17.7 Å². The number of hydrogen-bond acceptors (Lipinski definition) is 4. The van der Waals surface area contributed by atoms with Gasteiger partial charge in [-0.2, -0.15) is 0 Å². The lowest BCUT2D eigenvalue weighted by Crippen LogP contribution is -2.40. The number of carbonyl (C=O) groups is 1. The Bertz CT molecular complexity index is 633. The molecule has 0 aliphatic heterocycles. The summed E-state index contributed by atoms with van der Waals surface area (Å²) >= 11 is 0. The first kappa shape index (κ1) is 24.4. The molecular weight excluding hydrogens is 373 g/mol. The van der Waals surface area contributed by atoms with Crippen molar-refractivity contribution in [3.63, 3.8) is 0 Å². The number of nitrogens with two attached hydrogens (primary N) is 1. The second-order valence-corrected chi connectivity index (χ2v) is 6.47. The minimum Gasteiger partial charge on any atom is -0.441 e. The van der Waals surface area contributed by atoms with Crippen molar-refractivity contribution in [2.75, 3.05) is 6.54 Å². The van der Waals surface area contributed by atoms with Gasteiger partial charge in [0.15, 0.2) is 11.7 Å². The Hall–Kier alpha value is -1.56. The molecule has 1 heterocycles. The average Bonchev–Trinajstić information content (AvgIpc) is 3.03. The number of oxazole rings is 1. The molecule has 26 heavy (non-hydrogen) atoms. The molecule has 0 bridgehead atoms. The third-order valence-corrected chi connectivity index (χ3v) is 3.81. The summed E-state index contributed by atoms with van der Waals surface area (Å²) < 4.78 is 5.74. The molecule has 0 radical (unpaired) electrons. The van der Waals surface area contributed by atoms with Crippen LogP contribution in [-0.2, 0) is 11.2 Å². The first-order valence-electron chi connectivity index (χ1n) is 8.58. The molecule has 3 N–H and O–H groups in total. The SMILES string of the molecule is CC(C)CC(CN)NC(=O)CCCc1ncc(-c2ccccc2)o1.Cl.Cl. The van der Waals surface area contributed by atoms with E-state index < -0.39 is 0 Å². The molecule has 2 aromatic rings. The second-order valence-electron chi connectivity index (χ2n) is 6.47. The van der Waals surface area contributed by atoms with Gasteiger partial charge < -0.3 is 15.5 Å². The topological polar surface area (TPSA) is 81.1 Å². The Morgan fingerprint density at radius 1 is 1.23 bits per heavy atom. The Morgan fingerprint density at radius 2 is 1.92 bits per heavy atom. The molecule has 1 atom stereocenters. The van der Waals surface area contributed by atoms with E-state index in [9.17, 15) is 4.79 Å². The van der Waals surface area contributed by atoms with Crippen molar-refractivity contribution in [1.82, 2.24) is 10.3 Å². The molecule has 1 amide bonds. The standard InChI is InChI=1S/C19H27N3O2.2ClH/c1-14(2)11-16(12-20)22-18(23)9-6-10-19-21-13-17(24-19)15-7-4-3-5-8-15;;/h3-5,7-8,13-14,16H,6,9-12,20H2,1-2H3,(H,22,23);2*1H. The normalized spacial score (nSPS) is 11.4. The molecule has 7 heteroatoms. The van der Waals surface area contributed by atoms with Crippen LogP contribution in [0.15, 0.2) is 40.9 Å². The molecule has 1 aromatic heterocycles. The van der Waals surface area contributed by atoms with Crippen LogP contribution in [0.5, 0.6) is 0 Å². The highest BCUT2D eigenvalue weighted by atomic mass is 35.5. The number of halogens is 2. The molecule has 0 aliphatic carbocycles. The van der Waals surface area contributed by atoms with E-state index in [4.69, 9.17) is 10.2 Å². The van der Waals surface area contributed by atoms with E-state index in [1.54, 1.807) is 6.20 Å². The van der Waals surface area contributed by atoms with E-state index >= 15 is 0 Å². The van der Waals surface area contributed by atoms with Gasteiger partial charge in [0.1, 0.15) is 0 Å². The third kappa shape index (κ3) is 8.21. The number of benzene rings is 1. The van der Waals surface area contributed by atoms with E-state index in [1.807, 2.05) is 30.3 Å². The van der Waals surface area contributed by atoms with Crippen LogP contribution in [-0.4, -0.2) is 23.5 Å². The van der Waals surface area contributed by atoms with Crippen LogP contribution in [0.3, 0.4) is 0 Å². The van der Waals surface area contributed by atoms with E-state index in [2.05, 4.69) is 24.1 Å². The highest BCUT2D eigenvalue weighted by Crippen LogP contribution is 2.20. The largest absolute Gasteiger partial charge is 0.441 e. The van der Waals surface area contributed by atoms with Crippen LogP contribution in [0.4, 0.5) is 0 Å². The molecule has 0 aliphatic rings. The van der Waals surface area contributed by atoms with Crippen molar-refractivity contribution >= 4 is 30.7 Å². The lowest BCUT2D eigenvalue weighted by atomic mass is 10.0. The highest BCUT2D eigenvalue weighted by molar-refractivity contribution is 5.85. The zero-order valence-corrected chi connectivity index (χ0v) is 16.9. The van der Waals surface area contributed by atoms with Gasteiger partial charge >= 0.3 is 0 Å². The van der Waals surface area contributed by atoms with Crippen LogP contribution in [0.25, 0.3) is 11.3 Å². The summed E-state index contributed by atoms with van der Waals surface area (Å²) in [7, 11) is 0. The Kier molecular flexibility index (Phi) is 12.0. The molecule has 0 saturated carbocycles. The maximum absolute atomic E-state index is 12.0. The predicted octanol–water partition coefficient (Wildman–Crippen LogP) is 4.00. The second kappa shape index (κ2) is 12.7. The molecule has 0 fully saturated rings. The van der Waals surface area contributed by atoms with Crippen molar-refractivity contribution in [2.24, 2.45) is 11.7 Å². The van der Waals surface area contributed by atoms with E-state index in [-0.39, 0.29) is 36.8 Å². The molecule has 2 rings (SSSR count). The van der Waals surface area contributed by atoms with Crippen LogP contribution >= 0.6 is 24.8 Å². The van der Waals surface area contributed by atoms with E-state index in [0.29, 0.717) is 37.6 Å². The first-order chi connectivity index (χ1) is 11.6. The molecular formula is C19H29Cl2N3O2. The molecule has 1 unspecified atom stereocenters. The zero-order chi connectivity index (χ0) is 17.4. The lowest BCUT2D eigenvalue weighted by molar-refractivity contribution is -0.121. The molecule has 0 spiro atoms. The van der Waals surface area contributed by atoms with Gasteiger partial charge in [-0.3, -0.25) is 4.79 Å². The van der Waals surface area contributed by atoms with Gasteiger partial charge in [0.25, 0.3) is 0 Å². The molecule has 5 nitrogen and oxygen atoms in total. The van der Waals surface area contributed by atoms with Crippen molar-refractivity contribution < 1.29 is 9.21 Å². The summed E-state index contributed by atoms with van der Waals surface area (Å²) in [5, 5.41) is 3.00. The average molecular weight is 402 g/mol. The number of rotatable bonds is 9. The van der Waals surface area contributed by atoms with Crippen LogP contribution in [0.2, 0.25) is 0 Å². The van der Waals surface area contributed by atoms with Crippen molar-refractivity contribution in [3.05, 3.63) is 42.4 Å². The maximum atomic E-state index is 12.0. The third-order valence-electron chi connectivity index (χ3n) is 3.81. The summed E-state index contributed by atoms with van der Waals surface area (Å²) in [6.07, 6.45) is 4.45. The van der Waals surface area contributed by atoms with Gasteiger partial charge in [-0.25, -0.2) is 4.98 Å². The fourth-order valence-corrected chi connectivity index (χ4v) is 2.64. The fourth-order valence-electron chi connectivity index (χ4n) is 2.64. The van der Waals surface area contributed by atoms with Crippen LogP contribution in [0.1, 0.15) is 39.0 Å². The fraction of sp³-hybridized carbons (Fsp3) is 0.474. The van der Waals surface area contributed by atoms with Gasteiger partial charge in [-0.05, 0) is 18.8 Å². The van der Waals surface area contributed by atoms with Crippen molar-refractivity contribution in [2.45, 2.75) is 45.6 Å². The Balaban J connectivity index is 0.00000312. The monoisotopic (exact) mass is 401 g/mol. The van der Waals surface area contributed by atoms with Gasteiger partial charge in [-0.15, -0.1) is 24.8 Å². The molecule has 0 saturated heterocycles. The number of aromatic nitrogens is 1. The van der Waals surface area contributed by atoms with Crippen LogP contribution < -0.4 is 11.1 Å². The first-order valence-corrected chi connectivity index (χ1v) is 8.58. The summed E-state index contributed by atoms with van der Waals surface area (Å²) in [4.78, 5) is 16.3. The van der Waals surface area contributed by atoms with Gasteiger partial charge in [0.05, 0.1) is 6.20 Å². The number of hydrogen-bond donors (Lipinski definition) is 2. The van der Waals surface area contributed by atoms with E-state index in [1.165, 1.54) is 0 Å². The number of amides is 1. The summed E-state index contributed by atoms with van der Waals surface area (Å²) in [5.74, 6) is 1.98. The summed E-state index contributed by atoms with van der Waals surface area (Å²) in [5.41, 5.74) is 6.72. The van der Waals surface area contributed by atoms with Crippen molar-refractivity contribution in [1.29, 1.82) is 0 Å². The number of aryl methyl sites for hydroxylation is 1. The summed E-state index contributed by atoms with van der Waals surface area (Å²) in [6.45, 7) is 4.73. The Labute approximate surface area is 168 Å². The van der Waals surface area contributed by atoms with Crippen molar-refractivity contribution in [3.8, 4) is 11.3 Å². The number of carbonyl (C=O) groups excluding carboxylic acids is 1. The Morgan fingerprint density at radius 3 is 2.54 bits per heavy atom. The number of nitrogens with zero attached hydrogens (tertiary/aromatic N) is 1. The lowest BCUT2D eigenvalue weighted by Gasteiger charge is -2.18. The molecule has 1 aromatic carbocycles. The minimum atomic E-state index is 0. The number of nitrogens with one attached hydrogen (secondary N) is 1. The zero-order valence-electron chi connectivity index (χ0n) is 15.3. The highest BCUT2D eigenvalue weighted by Gasteiger charge is 2.13. The van der Waals surface area contributed by atoms with Gasteiger partial charge in [0.2, 0.25) is 5.91 Å². The van der Waals surface area contributed by atoms with Gasteiger partial charge in [0, 0.05) is 31.0 Å².